The van der Waals surface area contributed by atoms with Gasteiger partial charge in [-0.05, 0) is 60.5 Å². The summed E-state index contributed by atoms with van der Waals surface area (Å²) < 4.78 is 19.6. The van der Waals surface area contributed by atoms with Crippen LogP contribution in [0.5, 0.6) is 5.75 Å². The minimum absolute atomic E-state index is 0.183. The van der Waals surface area contributed by atoms with Crippen molar-refractivity contribution in [3.8, 4) is 5.75 Å². The van der Waals surface area contributed by atoms with E-state index in [-0.39, 0.29) is 5.82 Å². The Labute approximate surface area is 179 Å². The van der Waals surface area contributed by atoms with E-state index in [4.69, 9.17) is 39.5 Å². The molecule has 0 aliphatic heterocycles. The molecule has 0 unspecified atom stereocenters. The van der Waals surface area contributed by atoms with Gasteiger partial charge in [-0.2, -0.15) is 0 Å². The second-order valence-corrected chi connectivity index (χ2v) is 7.56. The Morgan fingerprint density at radius 3 is 2.46 bits per heavy atom. The van der Waals surface area contributed by atoms with Crippen LogP contribution in [-0.4, -0.2) is 6.54 Å². The van der Waals surface area contributed by atoms with Gasteiger partial charge in [0.15, 0.2) is 0 Å². The van der Waals surface area contributed by atoms with Crippen molar-refractivity contribution in [2.45, 2.75) is 19.6 Å². The lowest BCUT2D eigenvalue weighted by atomic mass is 10.1. The number of benzene rings is 3. The molecule has 2 nitrogen and oxygen atoms in total. The first-order chi connectivity index (χ1) is 13.5. The Morgan fingerprint density at radius 1 is 0.857 bits per heavy atom. The lowest BCUT2D eigenvalue weighted by molar-refractivity contribution is 0.302. The maximum atomic E-state index is 13.7. The van der Waals surface area contributed by atoms with E-state index in [1.807, 2.05) is 24.3 Å². The predicted octanol–water partition coefficient (Wildman–Crippen LogP) is 6.70. The molecule has 1 N–H and O–H groups in total. The lowest BCUT2D eigenvalue weighted by Crippen LogP contribution is -2.17. The van der Waals surface area contributed by atoms with E-state index in [1.54, 1.807) is 30.3 Å². The minimum Gasteiger partial charge on any atom is -0.489 e. The number of ether oxygens (including phenoxy) is 1. The third-order valence-electron chi connectivity index (χ3n) is 4.25. The van der Waals surface area contributed by atoms with Gasteiger partial charge in [0.2, 0.25) is 0 Å². The smallest absolute Gasteiger partial charge is 0.126 e. The van der Waals surface area contributed by atoms with Crippen molar-refractivity contribution in [1.82, 2.24) is 5.32 Å². The zero-order valence-corrected chi connectivity index (χ0v) is 17.3. The fourth-order valence-electron chi connectivity index (χ4n) is 2.76. The SMILES string of the molecule is Fc1ccccc1CCNCc1cc(Cl)ccc1OCc1ccc(Cl)c(Cl)c1. The molecular weight excluding hydrogens is 420 g/mol. The van der Waals surface area contributed by atoms with E-state index in [2.05, 4.69) is 5.32 Å². The molecule has 0 heterocycles. The number of hydrogen-bond donors (Lipinski definition) is 1. The lowest BCUT2D eigenvalue weighted by Gasteiger charge is -2.13. The molecule has 146 valence electrons. The van der Waals surface area contributed by atoms with Crippen LogP contribution in [0.4, 0.5) is 4.39 Å². The van der Waals surface area contributed by atoms with Gasteiger partial charge < -0.3 is 10.1 Å². The average Bonchev–Trinajstić information content (AvgIpc) is 2.68. The minimum atomic E-state index is -0.183. The Hall–Kier alpha value is -1.78. The third-order valence-corrected chi connectivity index (χ3v) is 5.22. The van der Waals surface area contributed by atoms with Crippen LogP contribution < -0.4 is 10.1 Å². The van der Waals surface area contributed by atoms with Gasteiger partial charge >= 0.3 is 0 Å². The fraction of sp³-hybridized carbons (Fsp3) is 0.182. The molecule has 0 spiro atoms. The Balaban J connectivity index is 1.58. The summed E-state index contributed by atoms with van der Waals surface area (Å²) in [6.07, 6.45) is 0.604. The maximum Gasteiger partial charge on any atom is 0.126 e. The molecule has 0 aliphatic carbocycles. The van der Waals surface area contributed by atoms with Crippen molar-refractivity contribution < 1.29 is 9.13 Å². The topological polar surface area (TPSA) is 21.3 Å². The van der Waals surface area contributed by atoms with E-state index in [0.717, 1.165) is 16.9 Å². The summed E-state index contributed by atoms with van der Waals surface area (Å²) in [4.78, 5) is 0. The summed E-state index contributed by atoms with van der Waals surface area (Å²) in [6.45, 7) is 1.56. The average molecular weight is 439 g/mol. The third kappa shape index (κ3) is 5.86. The van der Waals surface area contributed by atoms with Crippen LogP contribution in [0.3, 0.4) is 0 Å². The number of hydrogen-bond acceptors (Lipinski definition) is 2. The van der Waals surface area contributed by atoms with E-state index in [1.165, 1.54) is 6.07 Å². The molecule has 0 fully saturated rings. The summed E-state index contributed by atoms with van der Waals surface area (Å²) in [7, 11) is 0. The molecule has 0 aliphatic rings. The van der Waals surface area contributed by atoms with Crippen molar-refractivity contribution >= 4 is 34.8 Å². The van der Waals surface area contributed by atoms with Gasteiger partial charge in [0.25, 0.3) is 0 Å². The van der Waals surface area contributed by atoms with Gasteiger partial charge in [-0.3, -0.25) is 0 Å². The molecule has 0 bridgehead atoms. The highest BCUT2D eigenvalue weighted by Crippen LogP contribution is 2.26. The monoisotopic (exact) mass is 437 g/mol. The van der Waals surface area contributed by atoms with Gasteiger partial charge in [0, 0.05) is 17.1 Å². The molecule has 0 radical (unpaired) electrons. The predicted molar refractivity (Wildman–Crippen MR) is 114 cm³/mol. The zero-order chi connectivity index (χ0) is 19.9. The largest absolute Gasteiger partial charge is 0.489 e. The Morgan fingerprint density at radius 2 is 1.68 bits per heavy atom. The van der Waals surface area contributed by atoms with E-state index < -0.39 is 0 Å². The van der Waals surface area contributed by atoms with E-state index >= 15 is 0 Å². The van der Waals surface area contributed by atoms with Crippen molar-refractivity contribution in [2.24, 2.45) is 0 Å². The quantitative estimate of drug-likeness (QED) is 0.395. The van der Waals surface area contributed by atoms with Crippen LogP contribution in [0.25, 0.3) is 0 Å². The molecule has 28 heavy (non-hydrogen) atoms. The molecule has 0 saturated carbocycles. The summed E-state index contributed by atoms with van der Waals surface area (Å²) >= 11 is 18.1. The molecule has 3 aromatic carbocycles. The summed E-state index contributed by atoms with van der Waals surface area (Å²) in [6, 6.07) is 17.7. The summed E-state index contributed by atoms with van der Waals surface area (Å²) in [5, 5.41) is 4.95. The highest BCUT2D eigenvalue weighted by Gasteiger charge is 2.07. The van der Waals surface area contributed by atoms with Crippen molar-refractivity contribution in [3.05, 3.63) is 98.2 Å². The molecule has 0 amide bonds. The molecular formula is C22H19Cl3FNO. The molecule has 3 aromatic rings. The number of nitrogens with one attached hydrogen (secondary N) is 1. The number of rotatable bonds is 8. The summed E-state index contributed by atoms with van der Waals surface area (Å²) in [5.74, 6) is 0.548. The first kappa shape index (κ1) is 20.9. The van der Waals surface area contributed by atoms with Crippen LogP contribution in [-0.2, 0) is 19.6 Å². The highest BCUT2D eigenvalue weighted by atomic mass is 35.5. The first-order valence-corrected chi connectivity index (χ1v) is 9.95. The molecule has 0 aromatic heterocycles. The van der Waals surface area contributed by atoms with Gasteiger partial charge in [-0.25, -0.2) is 4.39 Å². The van der Waals surface area contributed by atoms with Crippen molar-refractivity contribution in [2.75, 3.05) is 6.54 Å². The highest BCUT2D eigenvalue weighted by molar-refractivity contribution is 6.42. The van der Waals surface area contributed by atoms with E-state index in [0.29, 0.717) is 46.7 Å². The maximum absolute atomic E-state index is 13.7. The van der Waals surface area contributed by atoms with Crippen molar-refractivity contribution in [1.29, 1.82) is 0 Å². The van der Waals surface area contributed by atoms with Crippen LogP contribution in [0.15, 0.2) is 60.7 Å². The number of halogens is 4. The van der Waals surface area contributed by atoms with Gasteiger partial charge in [0.05, 0.1) is 10.0 Å². The molecule has 0 saturated heterocycles. The van der Waals surface area contributed by atoms with Crippen LogP contribution in [0.1, 0.15) is 16.7 Å². The second-order valence-electron chi connectivity index (χ2n) is 6.31. The second kappa shape index (κ2) is 10.1. The molecule has 3 rings (SSSR count). The Kier molecular flexibility index (Phi) is 7.57. The standard InChI is InChI=1S/C22H19Cl3FNO/c23-18-6-8-22(28-14-15-5-7-19(24)20(25)11-15)17(12-18)13-27-10-9-16-3-1-2-4-21(16)26/h1-8,11-12,27H,9-10,13-14H2. The molecule has 0 atom stereocenters. The van der Waals surface area contributed by atoms with Gasteiger partial charge in [-0.15, -0.1) is 0 Å². The van der Waals surface area contributed by atoms with Gasteiger partial charge in [-0.1, -0.05) is 59.1 Å². The normalized spacial score (nSPS) is 10.9. The van der Waals surface area contributed by atoms with Crippen LogP contribution in [0, 0.1) is 5.82 Å². The van der Waals surface area contributed by atoms with Gasteiger partial charge in [0.1, 0.15) is 18.2 Å². The molecule has 6 heteroatoms. The van der Waals surface area contributed by atoms with E-state index in [9.17, 15) is 4.39 Å². The fourth-order valence-corrected chi connectivity index (χ4v) is 3.28. The van der Waals surface area contributed by atoms with Crippen LogP contribution >= 0.6 is 34.8 Å². The van der Waals surface area contributed by atoms with Crippen molar-refractivity contribution in [3.63, 3.8) is 0 Å². The first-order valence-electron chi connectivity index (χ1n) is 8.82. The summed E-state index contributed by atoms with van der Waals surface area (Å²) in [5.41, 5.74) is 2.54. The zero-order valence-electron chi connectivity index (χ0n) is 15.0. The Bertz CT molecular complexity index is 949. The van der Waals surface area contributed by atoms with Crippen LogP contribution in [0.2, 0.25) is 15.1 Å².